The number of rotatable bonds is 5. The van der Waals surface area contributed by atoms with Gasteiger partial charge in [0.25, 0.3) is 0 Å². The van der Waals surface area contributed by atoms with Gasteiger partial charge in [0.1, 0.15) is 23.2 Å². The zero-order valence-electron chi connectivity index (χ0n) is 13.4. The van der Waals surface area contributed by atoms with Crippen LogP contribution in [0.3, 0.4) is 0 Å². The number of carbonyl (C=O) groups excluding carboxylic acids is 1. The predicted molar refractivity (Wildman–Crippen MR) is 90.4 cm³/mol. The fourth-order valence-electron chi connectivity index (χ4n) is 2.64. The third-order valence-electron chi connectivity index (χ3n) is 3.89. The first kappa shape index (κ1) is 15.8. The van der Waals surface area contributed by atoms with Crippen LogP contribution in [-0.2, 0) is 16.0 Å². The second-order valence-electron chi connectivity index (χ2n) is 5.58. The minimum Gasteiger partial charge on any atom is -0.465 e. The maximum atomic E-state index is 12.0. The van der Waals surface area contributed by atoms with Crippen molar-refractivity contribution in [1.29, 1.82) is 5.26 Å². The average molecular weight is 319 g/mol. The number of nitrogens with zero attached hydrogens (tertiary/aromatic N) is 1. The SMILES string of the molecule is CCCCc1ccc(C2=C(C#N)C(=O)O/C2=C\c2ccco2)cc1. The van der Waals surface area contributed by atoms with E-state index in [0.29, 0.717) is 17.1 Å². The van der Waals surface area contributed by atoms with Crippen molar-refractivity contribution in [2.75, 3.05) is 0 Å². The number of ether oxygens (including phenoxy) is 1. The van der Waals surface area contributed by atoms with Gasteiger partial charge in [0.15, 0.2) is 0 Å². The molecule has 0 unspecified atom stereocenters. The second kappa shape index (κ2) is 7.01. The van der Waals surface area contributed by atoms with Crippen molar-refractivity contribution in [2.45, 2.75) is 26.2 Å². The van der Waals surface area contributed by atoms with Crippen LogP contribution >= 0.6 is 0 Å². The Kier molecular flexibility index (Phi) is 4.62. The van der Waals surface area contributed by atoms with Crippen molar-refractivity contribution in [3.05, 3.63) is 70.9 Å². The van der Waals surface area contributed by atoms with E-state index in [1.165, 1.54) is 5.56 Å². The van der Waals surface area contributed by atoms with E-state index in [1.54, 1.807) is 24.5 Å². The molecular formula is C20H17NO3. The number of esters is 1. The number of carbonyl (C=O) groups is 1. The van der Waals surface area contributed by atoms with Gasteiger partial charge in [0.05, 0.1) is 6.26 Å². The molecule has 3 rings (SSSR count). The smallest absolute Gasteiger partial charge is 0.355 e. The molecule has 4 nitrogen and oxygen atoms in total. The highest BCUT2D eigenvalue weighted by molar-refractivity contribution is 6.11. The Morgan fingerprint density at radius 3 is 2.62 bits per heavy atom. The number of cyclic esters (lactones) is 1. The van der Waals surface area contributed by atoms with Crippen LogP contribution in [0.1, 0.15) is 36.7 Å². The molecule has 24 heavy (non-hydrogen) atoms. The van der Waals surface area contributed by atoms with E-state index in [0.717, 1.165) is 24.8 Å². The minimum atomic E-state index is -0.625. The molecular weight excluding hydrogens is 302 g/mol. The van der Waals surface area contributed by atoms with Crippen LogP contribution in [0.2, 0.25) is 0 Å². The lowest BCUT2D eigenvalue weighted by Crippen LogP contribution is -1.96. The highest BCUT2D eigenvalue weighted by Gasteiger charge is 2.31. The molecule has 2 heterocycles. The summed E-state index contributed by atoms with van der Waals surface area (Å²) in [5, 5.41) is 9.32. The monoisotopic (exact) mass is 319 g/mol. The summed E-state index contributed by atoms with van der Waals surface area (Å²) in [6, 6.07) is 13.4. The normalized spacial score (nSPS) is 15.7. The number of aryl methyl sites for hydroxylation is 1. The lowest BCUT2D eigenvalue weighted by Gasteiger charge is -2.06. The molecule has 1 aromatic heterocycles. The van der Waals surface area contributed by atoms with E-state index in [9.17, 15) is 10.1 Å². The summed E-state index contributed by atoms with van der Waals surface area (Å²) >= 11 is 0. The van der Waals surface area contributed by atoms with Crippen LogP contribution in [0, 0.1) is 11.3 Å². The van der Waals surface area contributed by atoms with Crippen molar-refractivity contribution in [3.63, 3.8) is 0 Å². The summed E-state index contributed by atoms with van der Waals surface area (Å²) in [5.74, 6) is 0.280. The number of nitriles is 1. The Balaban J connectivity index is 1.99. The predicted octanol–water partition coefficient (Wildman–Crippen LogP) is 4.50. The molecule has 0 spiro atoms. The number of allylic oxidation sites excluding steroid dienone is 1. The quantitative estimate of drug-likeness (QED) is 0.761. The molecule has 120 valence electrons. The van der Waals surface area contributed by atoms with E-state index in [1.807, 2.05) is 30.3 Å². The van der Waals surface area contributed by atoms with Gasteiger partial charge in [-0.15, -0.1) is 0 Å². The van der Waals surface area contributed by atoms with Crippen molar-refractivity contribution >= 4 is 17.6 Å². The van der Waals surface area contributed by atoms with Gasteiger partial charge in [-0.2, -0.15) is 5.26 Å². The zero-order valence-corrected chi connectivity index (χ0v) is 13.4. The van der Waals surface area contributed by atoms with Gasteiger partial charge in [-0.25, -0.2) is 4.79 Å². The summed E-state index contributed by atoms with van der Waals surface area (Å²) in [6.07, 6.45) is 6.47. The van der Waals surface area contributed by atoms with E-state index in [-0.39, 0.29) is 5.57 Å². The first-order valence-corrected chi connectivity index (χ1v) is 7.94. The topological polar surface area (TPSA) is 63.2 Å². The van der Waals surface area contributed by atoms with Crippen molar-refractivity contribution < 1.29 is 13.9 Å². The van der Waals surface area contributed by atoms with Crippen LogP contribution in [0.4, 0.5) is 0 Å². The van der Waals surface area contributed by atoms with Gasteiger partial charge in [0.2, 0.25) is 0 Å². The lowest BCUT2D eigenvalue weighted by atomic mass is 9.97. The number of benzene rings is 1. The molecule has 0 bridgehead atoms. The number of furan rings is 1. The molecule has 1 aliphatic rings. The Bertz CT molecular complexity index is 834. The fourth-order valence-corrected chi connectivity index (χ4v) is 2.64. The highest BCUT2D eigenvalue weighted by atomic mass is 16.5. The highest BCUT2D eigenvalue weighted by Crippen LogP contribution is 2.35. The Labute approximate surface area is 140 Å². The Morgan fingerprint density at radius 1 is 1.21 bits per heavy atom. The third kappa shape index (κ3) is 3.16. The number of unbranched alkanes of at least 4 members (excludes halogenated alkanes) is 1. The summed E-state index contributed by atoms with van der Waals surface area (Å²) < 4.78 is 10.5. The van der Waals surface area contributed by atoms with Gasteiger partial charge in [-0.3, -0.25) is 0 Å². The van der Waals surface area contributed by atoms with Crippen LogP contribution in [0.25, 0.3) is 11.6 Å². The van der Waals surface area contributed by atoms with Crippen LogP contribution in [-0.4, -0.2) is 5.97 Å². The average Bonchev–Trinajstić information content (AvgIpc) is 3.21. The third-order valence-corrected chi connectivity index (χ3v) is 3.89. The van der Waals surface area contributed by atoms with Crippen molar-refractivity contribution in [1.82, 2.24) is 0 Å². The van der Waals surface area contributed by atoms with Crippen molar-refractivity contribution in [2.24, 2.45) is 0 Å². The first-order valence-electron chi connectivity index (χ1n) is 7.94. The number of hydrogen-bond donors (Lipinski definition) is 0. The molecule has 0 atom stereocenters. The molecule has 0 aliphatic carbocycles. The lowest BCUT2D eigenvalue weighted by molar-refractivity contribution is -0.132. The van der Waals surface area contributed by atoms with Gasteiger partial charge in [-0.05, 0) is 36.1 Å². The fraction of sp³-hybridized carbons (Fsp3) is 0.200. The van der Waals surface area contributed by atoms with Gasteiger partial charge < -0.3 is 9.15 Å². The van der Waals surface area contributed by atoms with Gasteiger partial charge in [-0.1, -0.05) is 37.6 Å². The Morgan fingerprint density at radius 2 is 2.00 bits per heavy atom. The van der Waals surface area contributed by atoms with E-state index >= 15 is 0 Å². The molecule has 4 heteroatoms. The molecule has 1 aliphatic heterocycles. The van der Waals surface area contributed by atoms with Crippen LogP contribution < -0.4 is 0 Å². The molecule has 2 aromatic rings. The molecule has 0 amide bonds. The molecule has 0 saturated carbocycles. The Hall–Kier alpha value is -3.06. The first-order chi connectivity index (χ1) is 11.7. The van der Waals surface area contributed by atoms with Gasteiger partial charge in [0, 0.05) is 11.6 Å². The van der Waals surface area contributed by atoms with Crippen LogP contribution in [0.15, 0.2) is 58.4 Å². The summed E-state index contributed by atoms with van der Waals surface area (Å²) in [6.45, 7) is 2.16. The van der Waals surface area contributed by atoms with E-state index < -0.39 is 5.97 Å². The molecule has 0 fully saturated rings. The summed E-state index contributed by atoms with van der Waals surface area (Å²) in [4.78, 5) is 12.0. The maximum Gasteiger partial charge on any atom is 0.355 e. The van der Waals surface area contributed by atoms with Crippen molar-refractivity contribution in [3.8, 4) is 6.07 Å². The van der Waals surface area contributed by atoms with Gasteiger partial charge >= 0.3 is 5.97 Å². The number of hydrogen-bond acceptors (Lipinski definition) is 4. The molecule has 0 saturated heterocycles. The van der Waals surface area contributed by atoms with E-state index in [4.69, 9.17) is 9.15 Å². The largest absolute Gasteiger partial charge is 0.465 e. The van der Waals surface area contributed by atoms with E-state index in [2.05, 4.69) is 6.92 Å². The van der Waals surface area contributed by atoms with Crippen LogP contribution in [0.5, 0.6) is 0 Å². The summed E-state index contributed by atoms with van der Waals surface area (Å²) in [7, 11) is 0. The standard InChI is InChI=1S/C20H17NO3/c1-2-3-5-14-7-9-15(10-8-14)19-17(13-21)20(22)24-18(19)12-16-6-4-11-23-16/h4,6-12H,2-3,5H2,1H3/b18-12-. The minimum absolute atomic E-state index is 0.0223. The second-order valence-corrected chi connectivity index (χ2v) is 5.58. The molecule has 1 aromatic carbocycles. The molecule has 0 N–H and O–H groups in total. The maximum absolute atomic E-state index is 12.0. The zero-order chi connectivity index (χ0) is 16.9. The summed E-state index contributed by atoms with van der Waals surface area (Å²) in [5.41, 5.74) is 2.56. The molecule has 0 radical (unpaired) electrons.